The maximum absolute atomic E-state index is 2.31. The second-order valence-corrected chi connectivity index (χ2v) is 3.67. The molecular formula is CH9BO2Zn. The van der Waals surface area contributed by atoms with E-state index in [1.54, 1.807) is 0 Å². The van der Waals surface area contributed by atoms with Crippen molar-refractivity contribution in [1.82, 2.24) is 0 Å². The summed E-state index contributed by atoms with van der Waals surface area (Å²) in [5.41, 5.74) is 2.31. The van der Waals surface area contributed by atoms with Gasteiger partial charge in [0.25, 0.3) is 0 Å². The van der Waals surface area contributed by atoms with Gasteiger partial charge in [0.2, 0.25) is 0 Å². The molecule has 0 radical (unpaired) electrons. The molecule has 0 bridgehead atoms. The van der Waals surface area contributed by atoms with E-state index in [1.165, 1.54) is 0 Å². The van der Waals surface area contributed by atoms with E-state index < -0.39 is 0 Å². The van der Waals surface area contributed by atoms with Crippen molar-refractivity contribution >= 4 is 6.33 Å². The first-order valence-electron chi connectivity index (χ1n) is 1.41. The van der Waals surface area contributed by atoms with E-state index in [1.807, 2.05) is 0 Å². The summed E-state index contributed by atoms with van der Waals surface area (Å²) in [7, 11) is 0. The maximum atomic E-state index is 2.31. The predicted octanol–water partition coefficient (Wildman–Crippen LogP) is -1.98. The van der Waals surface area contributed by atoms with Gasteiger partial charge in [-0.2, -0.15) is 0 Å². The van der Waals surface area contributed by atoms with Crippen molar-refractivity contribution < 1.29 is 27.9 Å². The first-order chi connectivity index (χ1) is 1.41. The van der Waals surface area contributed by atoms with Gasteiger partial charge in [-0.15, -0.1) is 0 Å². The van der Waals surface area contributed by atoms with Crippen LogP contribution in [0, 0.1) is 0 Å². The van der Waals surface area contributed by atoms with Crippen molar-refractivity contribution in [3.05, 3.63) is 0 Å². The van der Waals surface area contributed by atoms with Crippen LogP contribution in [-0.2, 0) is 16.9 Å². The Balaban J connectivity index is -0.0000000200. The molecule has 0 atom stereocenters. The van der Waals surface area contributed by atoms with E-state index in [-0.39, 0.29) is 27.9 Å². The normalized spacial score (nSPS) is 1.80. The molecule has 0 aliphatic carbocycles. The molecule has 4 N–H and O–H groups in total. The molecule has 0 fully saturated rings. The van der Waals surface area contributed by atoms with E-state index >= 15 is 0 Å². The summed E-state index contributed by atoms with van der Waals surface area (Å²) in [5, 5.41) is 0. The van der Waals surface area contributed by atoms with Gasteiger partial charge >= 0.3 is 28.8 Å². The summed E-state index contributed by atoms with van der Waals surface area (Å²) in [6, 6.07) is 0. The van der Waals surface area contributed by atoms with Crippen molar-refractivity contribution in [3.8, 4) is 0 Å². The van der Waals surface area contributed by atoms with Crippen LogP contribution in [0.15, 0.2) is 0 Å². The Morgan fingerprint density at radius 2 is 1.40 bits per heavy atom. The molecule has 0 aromatic carbocycles. The molecule has 0 amide bonds. The van der Waals surface area contributed by atoms with Crippen LogP contribution in [-0.4, -0.2) is 17.3 Å². The van der Waals surface area contributed by atoms with Crippen LogP contribution >= 0.6 is 0 Å². The Kier molecular flexibility index (Phi) is 81.2. The van der Waals surface area contributed by atoms with Gasteiger partial charge in [0.1, 0.15) is 0 Å². The Morgan fingerprint density at radius 1 is 1.40 bits per heavy atom. The zero-order chi connectivity index (χ0) is 2.71. The second-order valence-electron chi connectivity index (χ2n) is 0.707. The minimum atomic E-state index is 0. The molecule has 0 saturated carbocycles. The summed E-state index contributed by atoms with van der Waals surface area (Å²) in [5.74, 6) is 0. The van der Waals surface area contributed by atoms with Crippen molar-refractivity contribution in [2.45, 2.75) is 5.52 Å². The summed E-state index contributed by atoms with van der Waals surface area (Å²) >= 11 is 0.125. The molecule has 2 nitrogen and oxygen atoms in total. The molecule has 0 aliphatic rings. The van der Waals surface area contributed by atoms with Gasteiger partial charge in [-0.3, -0.25) is 0 Å². The average Bonchev–Trinajstić information content (AvgIpc) is 0.918. The third kappa shape index (κ3) is 84.7. The molecule has 0 rings (SSSR count). The number of rotatable bonds is 0. The molecule has 0 saturated heterocycles. The van der Waals surface area contributed by atoms with Gasteiger partial charge in [0, 0.05) is 0 Å². The molecule has 0 unspecified atom stereocenters. The quantitative estimate of drug-likeness (QED) is 0.340. The van der Waals surface area contributed by atoms with Gasteiger partial charge in [-0.25, -0.2) is 0 Å². The SMILES string of the molecule is O.O.[BH2][Zn][CH3]. The van der Waals surface area contributed by atoms with Crippen LogP contribution in [0.1, 0.15) is 0 Å². The predicted molar refractivity (Wildman–Crippen MR) is 21.6 cm³/mol. The molecule has 0 heterocycles. The monoisotopic (exact) mass is 128 g/mol. The Morgan fingerprint density at radius 3 is 1.40 bits per heavy atom. The van der Waals surface area contributed by atoms with Crippen LogP contribution in [0.5, 0.6) is 0 Å². The zero-order valence-electron chi connectivity index (χ0n) is 3.71. The van der Waals surface area contributed by atoms with E-state index in [0.717, 1.165) is 0 Å². The fourth-order valence-electron chi connectivity index (χ4n) is 0. The first kappa shape index (κ1) is 17.5. The summed E-state index contributed by atoms with van der Waals surface area (Å²) < 4.78 is 0. The van der Waals surface area contributed by atoms with Crippen molar-refractivity contribution in [3.63, 3.8) is 0 Å². The summed E-state index contributed by atoms with van der Waals surface area (Å²) in [6.07, 6.45) is 2.31. The van der Waals surface area contributed by atoms with Crippen molar-refractivity contribution in [1.29, 1.82) is 0 Å². The first-order valence-corrected chi connectivity index (χ1v) is 7.35. The van der Waals surface area contributed by atoms with Gasteiger partial charge < -0.3 is 11.0 Å². The van der Waals surface area contributed by atoms with Crippen LogP contribution in [0.25, 0.3) is 0 Å². The van der Waals surface area contributed by atoms with Crippen molar-refractivity contribution in [2.75, 3.05) is 0 Å². The minimum absolute atomic E-state index is 0. The molecule has 0 spiro atoms. The summed E-state index contributed by atoms with van der Waals surface area (Å²) in [4.78, 5) is 0. The third-order valence-electron chi connectivity index (χ3n) is 0. The number of hydrogen-bond acceptors (Lipinski definition) is 0. The van der Waals surface area contributed by atoms with Crippen molar-refractivity contribution in [2.24, 2.45) is 0 Å². The van der Waals surface area contributed by atoms with Gasteiger partial charge in [0.05, 0.1) is 0 Å². The third-order valence-corrected chi connectivity index (χ3v) is 0. The van der Waals surface area contributed by atoms with E-state index in [0.29, 0.717) is 0 Å². The molecule has 0 aromatic rings. The molecular weight excluding hydrogens is 120 g/mol. The Bertz CT molecular complexity index is 9.61. The molecule has 4 heteroatoms. The standard InChI is InChI=1S/CH3.BH2.2H2O.Zn/h1H3;3*1H2;/q;+1;;;-1. The van der Waals surface area contributed by atoms with Gasteiger partial charge in [-0.05, 0) is 0 Å². The summed E-state index contributed by atoms with van der Waals surface area (Å²) in [6.45, 7) is 0. The van der Waals surface area contributed by atoms with E-state index in [4.69, 9.17) is 0 Å². The molecule has 5 heavy (non-hydrogen) atoms. The topological polar surface area (TPSA) is 63.0 Å². The Labute approximate surface area is 40.4 Å². The second kappa shape index (κ2) is 23.2. The molecule has 30 valence electrons. The fraction of sp³-hybridized carbons (Fsp3) is 1.00. The average molecular weight is 129 g/mol. The van der Waals surface area contributed by atoms with E-state index in [2.05, 4.69) is 11.9 Å². The Hall–Kier alpha value is 0.608. The molecule has 0 aliphatic heterocycles. The van der Waals surface area contributed by atoms with E-state index in [9.17, 15) is 0 Å². The fourth-order valence-corrected chi connectivity index (χ4v) is 0. The van der Waals surface area contributed by atoms with Crippen LogP contribution in [0.2, 0.25) is 5.52 Å². The molecule has 0 aromatic heterocycles. The van der Waals surface area contributed by atoms with Gasteiger partial charge in [-0.1, -0.05) is 0 Å². The zero-order valence-corrected chi connectivity index (χ0v) is 6.67. The van der Waals surface area contributed by atoms with Crippen LogP contribution in [0.3, 0.4) is 0 Å². The number of hydrogen-bond donors (Lipinski definition) is 0. The van der Waals surface area contributed by atoms with Gasteiger partial charge in [0.15, 0.2) is 0 Å². The van der Waals surface area contributed by atoms with Crippen LogP contribution in [0.4, 0.5) is 0 Å². The van der Waals surface area contributed by atoms with Crippen LogP contribution < -0.4 is 0 Å².